The summed E-state index contributed by atoms with van der Waals surface area (Å²) in [5.74, 6) is 0.839. The van der Waals surface area contributed by atoms with Gasteiger partial charge in [-0.3, -0.25) is 0 Å². The van der Waals surface area contributed by atoms with E-state index in [1.54, 1.807) is 16.2 Å². The van der Waals surface area contributed by atoms with Crippen molar-refractivity contribution in [1.29, 1.82) is 0 Å². The molecule has 1 aliphatic carbocycles. The van der Waals surface area contributed by atoms with Crippen LogP contribution in [0.1, 0.15) is 46.2 Å². The van der Waals surface area contributed by atoms with Gasteiger partial charge in [-0.15, -0.1) is 11.3 Å². The van der Waals surface area contributed by atoms with Crippen molar-refractivity contribution in [3.05, 3.63) is 38.9 Å². The summed E-state index contributed by atoms with van der Waals surface area (Å²) in [6.07, 6.45) is 6.11. The van der Waals surface area contributed by atoms with Crippen LogP contribution in [-0.2, 0) is 25.7 Å². The van der Waals surface area contributed by atoms with Gasteiger partial charge in [0, 0.05) is 49.2 Å². The first-order valence-corrected chi connectivity index (χ1v) is 10.2. The van der Waals surface area contributed by atoms with Gasteiger partial charge >= 0.3 is 6.03 Å². The Morgan fingerprint density at radius 3 is 2.77 bits per heavy atom. The summed E-state index contributed by atoms with van der Waals surface area (Å²) in [6.45, 7) is 5.32. The van der Waals surface area contributed by atoms with E-state index in [0.29, 0.717) is 19.5 Å². The van der Waals surface area contributed by atoms with Gasteiger partial charge < -0.3 is 10.2 Å². The summed E-state index contributed by atoms with van der Waals surface area (Å²) >= 11 is 1.64. The summed E-state index contributed by atoms with van der Waals surface area (Å²) in [5, 5.41) is 2.97. The second-order valence-electron chi connectivity index (χ2n) is 6.87. The molecular formula is C19H27N5OS. The summed E-state index contributed by atoms with van der Waals surface area (Å²) in [7, 11) is 1.82. The molecule has 0 saturated heterocycles. The Labute approximate surface area is 159 Å². The molecule has 0 aliphatic heterocycles. The number of carbonyl (C=O) groups excluding carboxylic acids is 1. The lowest BCUT2D eigenvalue weighted by Crippen LogP contribution is -2.39. The number of hydrogen-bond acceptors (Lipinski definition) is 5. The summed E-state index contributed by atoms with van der Waals surface area (Å²) < 4.78 is 0. The third-order valence-corrected chi connectivity index (χ3v) is 5.92. The highest BCUT2D eigenvalue weighted by atomic mass is 32.1. The number of hydrogen-bond donors (Lipinski definition) is 1. The molecule has 0 unspecified atom stereocenters. The maximum atomic E-state index is 12.2. The molecule has 2 amide bonds. The van der Waals surface area contributed by atoms with Crippen LogP contribution in [0.15, 0.2) is 5.51 Å². The van der Waals surface area contributed by atoms with Crippen molar-refractivity contribution in [2.24, 2.45) is 0 Å². The van der Waals surface area contributed by atoms with E-state index in [0.717, 1.165) is 36.5 Å². The average molecular weight is 374 g/mol. The van der Waals surface area contributed by atoms with Gasteiger partial charge in [0.05, 0.1) is 11.2 Å². The predicted molar refractivity (Wildman–Crippen MR) is 104 cm³/mol. The Kier molecular flexibility index (Phi) is 6.19. The van der Waals surface area contributed by atoms with Crippen molar-refractivity contribution in [1.82, 2.24) is 25.2 Å². The molecule has 2 heterocycles. The average Bonchev–Trinajstić information content (AvgIpc) is 3.04. The van der Waals surface area contributed by atoms with Crippen molar-refractivity contribution in [3.63, 3.8) is 0 Å². The van der Waals surface area contributed by atoms with E-state index in [1.165, 1.54) is 29.0 Å². The zero-order valence-corrected chi connectivity index (χ0v) is 16.7. The van der Waals surface area contributed by atoms with Gasteiger partial charge in [0.2, 0.25) is 0 Å². The molecule has 26 heavy (non-hydrogen) atoms. The van der Waals surface area contributed by atoms with Crippen molar-refractivity contribution in [2.45, 2.75) is 52.4 Å². The predicted octanol–water partition coefficient (Wildman–Crippen LogP) is 2.86. The quantitative estimate of drug-likeness (QED) is 0.845. The SMILES string of the molecule is Cc1ncsc1CCN(C)C(=O)NCCc1nc(C)c2c(n1)CCCC2. The maximum Gasteiger partial charge on any atom is 0.317 e. The lowest BCUT2D eigenvalue weighted by molar-refractivity contribution is 0.209. The van der Waals surface area contributed by atoms with Gasteiger partial charge in [0.15, 0.2) is 0 Å². The molecule has 2 aromatic rings. The van der Waals surface area contributed by atoms with Gasteiger partial charge in [0.25, 0.3) is 0 Å². The van der Waals surface area contributed by atoms with E-state index in [9.17, 15) is 4.79 Å². The number of urea groups is 1. The number of amides is 2. The number of nitrogens with zero attached hydrogens (tertiary/aromatic N) is 4. The fraction of sp³-hybridized carbons (Fsp3) is 0.579. The minimum Gasteiger partial charge on any atom is -0.338 e. The molecule has 1 aliphatic rings. The molecule has 3 rings (SSSR count). The summed E-state index contributed by atoms with van der Waals surface area (Å²) in [5.41, 5.74) is 6.56. The topological polar surface area (TPSA) is 71.0 Å². The number of aryl methyl sites for hydroxylation is 3. The number of carbonyl (C=O) groups is 1. The number of thiazole rings is 1. The van der Waals surface area contributed by atoms with E-state index >= 15 is 0 Å². The largest absolute Gasteiger partial charge is 0.338 e. The van der Waals surface area contributed by atoms with E-state index < -0.39 is 0 Å². The van der Waals surface area contributed by atoms with Crippen LogP contribution in [0, 0.1) is 13.8 Å². The van der Waals surface area contributed by atoms with Crippen LogP contribution in [-0.4, -0.2) is 46.0 Å². The van der Waals surface area contributed by atoms with Crippen molar-refractivity contribution >= 4 is 17.4 Å². The smallest absolute Gasteiger partial charge is 0.317 e. The normalized spacial score (nSPS) is 13.3. The minimum absolute atomic E-state index is 0.0538. The molecule has 1 N–H and O–H groups in total. The number of fused-ring (bicyclic) bond motifs is 1. The summed E-state index contributed by atoms with van der Waals surface area (Å²) in [6, 6.07) is -0.0538. The van der Waals surface area contributed by atoms with E-state index in [-0.39, 0.29) is 6.03 Å². The molecule has 0 bridgehead atoms. The van der Waals surface area contributed by atoms with Gasteiger partial charge in [-0.25, -0.2) is 19.7 Å². The second kappa shape index (κ2) is 8.58. The highest BCUT2D eigenvalue weighted by Gasteiger charge is 2.16. The van der Waals surface area contributed by atoms with Crippen molar-refractivity contribution in [2.75, 3.05) is 20.1 Å². The minimum atomic E-state index is -0.0538. The van der Waals surface area contributed by atoms with Crippen LogP contribution >= 0.6 is 11.3 Å². The van der Waals surface area contributed by atoms with E-state index in [2.05, 4.69) is 22.2 Å². The van der Waals surface area contributed by atoms with Crippen LogP contribution < -0.4 is 5.32 Å². The molecule has 140 valence electrons. The van der Waals surface area contributed by atoms with Gasteiger partial charge in [-0.1, -0.05) is 0 Å². The highest BCUT2D eigenvalue weighted by molar-refractivity contribution is 7.09. The fourth-order valence-corrected chi connectivity index (χ4v) is 4.08. The third-order valence-electron chi connectivity index (χ3n) is 4.93. The van der Waals surface area contributed by atoms with E-state index in [4.69, 9.17) is 4.98 Å². The maximum absolute atomic E-state index is 12.2. The van der Waals surface area contributed by atoms with Crippen LogP contribution in [0.4, 0.5) is 4.79 Å². The lowest BCUT2D eigenvalue weighted by Gasteiger charge is -2.19. The number of likely N-dealkylation sites (N-methyl/N-ethyl adjacent to an activating group) is 1. The zero-order chi connectivity index (χ0) is 18.5. The summed E-state index contributed by atoms with van der Waals surface area (Å²) in [4.78, 5) is 28.8. The number of aromatic nitrogens is 3. The zero-order valence-electron chi connectivity index (χ0n) is 15.8. The molecule has 7 heteroatoms. The monoisotopic (exact) mass is 373 g/mol. The second-order valence-corrected chi connectivity index (χ2v) is 7.81. The van der Waals surface area contributed by atoms with Crippen LogP contribution in [0.2, 0.25) is 0 Å². The van der Waals surface area contributed by atoms with Gasteiger partial charge in [-0.2, -0.15) is 0 Å². The number of nitrogens with one attached hydrogen (secondary N) is 1. The van der Waals surface area contributed by atoms with Gasteiger partial charge in [0.1, 0.15) is 5.82 Å². The first kappa shape index (κ1) is 18.8. The van der Waals surface area contributed by atoms with Crippen LogP contribution in [0.3, 0.4) is 0 Å². The third kappa shape index (κ3) is 4.58. The molecule has 0 fully saturated rings. The Balaban J connectivity index is 1.46. The molecule has 0 atom stereocenters. The first-order valence-electron chi connectivity index (χ1n) is 9.27. The Morgan fingerprint density at radius 2 is 2.00 bits per heavy atom. The van der Waals surface area contributed by atoms with Crippen molar-refractivity contribution < 1.29 is 4.79 Å². The first-order chi connectivity index (χ1) is 12.5. The van der Waals surface area contributed by atoms with Gasteiger partial charge in [-0.05, 0) is 45.1 Å². The van der Waals surface area contributed by atoms with Crippen molar-refractivity contribution in [3.8, 4) is 0 Å². The Hall–Kier alpha value is -2.02. The van der Waals surface area contributed by atoms with Crippen LogP contribution in [0.25, 0.3) is 0 Å². The van der Waals surface area contributed by atoms with E-state index in [1.807, 2.05) is 19.5 Å². The van der Waals surface area contributed by atoms with Crippen LogP contribution in [0.5, 0.6) is 0 Å². The molecule has 6 nitrogen and oxygen atoms in total. The molecule has 2 aromatic heterocycles. The molecule has 0 saturated carbocycles. The molecule has 0 radical (unpaired) electrons. The highest BCUT2D eigenvalue weighted by Crippen LogP contribution is 2.21. The lowest BCUT2D eigenvalue weighted by atomic mass is 9.95. The Morgan fingerprint density at radius 1 is 1.19 bits per heavy atom. The molecule has 0 aromatic carbocycles. The molecule has 0 spiro atoms. The Bertz CT molecular complexity index is 773. The fourth-order valence-electron chi connectivity index (χ4n) is 3.31. The number of rotatable bonds is 6. The molecular weight excluding hydrogens is 346 g/mol. The standard InChI is InChI=1S/C19H27N5OS/c1-13-15-6-4-5-7-16(15)23-18(22-13)8-10-20-19(25)24(3)11-9-17-14(2)21-12-26-17/h12H,4-11H2,1-3H3,(H,20,25).